The molecule has 0 rings (SSSR count). The van der Waals surface area contributed by atoms with Gasteiger partial charge in [0, 0.05) is 6.42 Å². The predicted octanol–water partition coefficient (Wildman–Crippen LogP) is 6.48. The normalized spacial score (nSPS) is 11.6. The van der Waals surface area contributed by atoms with E-state index in [1.54, 1.807) is 11.8 Å². The van der Waals surface area contributed by atoms with Gasteiger partial charge in [-0.2, -0.15) is 11.8 Å². The molecule has 0 aromatic carbocycles. The fraction of sp³-hybridized carbons (Fsp3) is 0.913. The summed E-state index contributed by atoms with van der Waals surface area (Å²) < 4.78 is 0. The molecule has 0 amide bonds. The summed E-state index contributed by atoms with van der Waals surface area (Å²) in [7, 11) is 0. The number of carbonyl (C=O) groups is 2. The van der Waals surface area contributed by atoms with Crippen molar-refractivity contribution >= 4 is 23.7 Å². The first-order valence-corrected chi connectivity index (χ1v) is 13.0. The van der Waals surface area contributed by atoms with Crippen LogP contribution in [-0.4, -0.2) is 40.2 Å². The molecular formula is C23H47NO4S. The van der Waals surface area contributed by atoms with Crippen LogP contribution in [0.5, 0.6) is 0 Å². The Morgan fingerprint density at radius 2 is 1.14 bits per heavy atom. The van der Waals surface area contributed by atoms with Crippen molar-refractivity contribution in [1.82, 2.24) is 0 Å². The van der Waals surface area contributed by atoms with Gasteiger partial charge in [-0.1, -0.05) is 96.8 Å². The average molecular weight is 434 g/mol. The second-order valence-corrected chi connectivity index (χ2v) is 8.81. The highest BCUT2D eigenvalue weighted by Crippen LogP contribution is 2.13. The third-order valence-electron chi connectivity index (χ3n) is 4.94. The van der Waals surface area contributed by atoms with E-state index in [1.807, 2.05) is 6.26 Å². The predicted molar refractivity (Wildman–Crippen MR) is 126 cm³/mol. The van der Waals surface area contributed by atoms with Crippen LogP contribution in [0.2, 0.25) is 0 Å². The lowest BCUT2D eigenvalue weighted by molar-refractivity contribution is -0.139. The maximum Gasteiger partial charge on any atom is 0.320 e. The molecule has 0 aliphatic rings. The van der Waals surface area contributed by atoms with Crippen molar-refractivity contribution < 1.29 is 19.8 Å². The lowest BCUT2D eigenvalue weighted by Crippen LogP contribution is -2.30. The van der Waals surface area contributed by atoms with E-state index in [0.717, 1.165) is 18.6 Å². The number of hydrogen-bond acceptors (Lipinski definition) is 4. The third kappa shape index (κ3) is 29.5. The highest BCUT2D eigenvalue weighted by Gasteiger charge is 2.09. The standard InChI is InChI=1S/C18H36O2.C5H11NO2S/c1-2-3-4-5-6-7-8-9-10-11-12-13-14-15-16-17-18(19)20;1-9-3-2-4(6)5(7)8/h2-17H2,1H3,(H,19,20);4H,2-3,6H2,1H3,(H,7,8). The minimum Gasteiger partial charge on any atom is -0.481 e. The number of thioether (sulfide) groups is 1. The first-order chi connectivity index (χ1) is 14.0. The minimum atomic E-state index is -0.913. The fourth-order valence-corrected chi connectivity index (χ4v) is 3.51. The van der Waals surface area contributed by atoms with Gasteiger partial charge in [0.05, 0.1) is 0 Å². The Bertz CT molecular complexity index is 367. The molecule has 0 radical (unpaired) electrons. The molecule has 4 N–H and O–H groups in total. The molecule has 0 fully saturated rings. The number of carboxylic acids is 2. The van der Waals surface area contributed by atoms with E-state index in [0.29, 0.717) is 12.8 Å². The number of rotatable bonds is 20. The van der Waals surface area contributed by atoms with Gasteiger partial charge in [0.25, 0.3) is 0 Å². The summed E-state index contributed by atoms with van der Waals surface area (Å²) in [5.74, 6) is -0.753. The Balaban J connectivity index is 0. The van der Waals surface area contributed by atoms with E-state index in [9.17, 15) is 9.59 Å². The van der Waals surface area contributed by atoms with E-state index in [2.05, 4.69) is 6.92 Å². The molecule has 0 saturated heterocycles. The van der Waals surface area contributed by atoms with Crippen LogP contribution >= 0.6 is 11.8 Å². The molecule has 0 saturated carbocycles. The number of nitrogens with two attached hydrogens (primary N) is 1. The van der Waals surface area contributed by atoms with Gasteiger partial charge in [-0.25, -0.2) is 0 Å². The maximum atomic E-state index is 10.3. The molecule has 29 heavy (non-hydrogen) atoms. The Hall–Kier alpha value is -0.750. The Morgan fingerprint density at radius 1 is 0.759 bits per heavy atom. The molecule has 5 nitrogen and oxygen atoms in total. The lowest BCUT2D eigenvalue weighted by Gasteiger charge is -2.03. The zero-order chi connectivity index (χ0) is 22.2. The summed E-state index contributed by atoms with van der Waals surface area (Å²) in [6.07, 6.45) is 22.7. The van der Waals surface area contributed by atoms with Crippen molar-refractivity contribution in [3.05, 3.63) is 0 Å². The van der Waals surface area contributed by atoms with Gasteiger partial charge in [-0.15, -0.1) is 0 Å². The summed E-state index contributed by atoms with van der Waals surface area (Å²) in [5.41, 5.74) is 5.19. The fourth-order valence-electron chi connectivity index (χ4n) is 3.02. The topological polar surface area (TPSA) is 101 Å². The molecule has 6 heteroatoms. The van der Waals surface area contributed by atoms with Gasteiger partial charge in [0.2, 0.25) is 0 Å². The van der Waals surface area contributed by atoms with Crippen LogP contribution in [0.3, 0.4) is 0 Å². The van der Waals surface area contributed by atoms with Gasteiger partial charge < -0.3 is 15.9 Å². The summed E-state index contributed by atoms with van der Waals surface area (Å²) in [6, 6.07) is -0.683. The number of unbranched alkanes of at least 4 members (excludes halogenated alkanes) is 14. The first-order valence-electron chi connectivity index (χ1n) is 11.6. The maximum absolute atomic E-state index is 10.3. The lowest BCUT2D eigenvalue weighted by atomic mass is 10.0. The van der Waals surface area contributed by atoms with Gasteiger partial charge >= 0.3 is 11.9 Å². The van der Waals surface area contributed by atoms with Crippen LogP contribution in [0.15, 0.2) is 0 Å². The van der Waals surface area contributed by atoms with Crippen molar-refractivity contribution in [2.45, 2.75) is 122 Å². The zero-order valence-corrected chi connectivity index (χ0v) is 19.8. The molecule has 0 aromatic rings. The molecule has 0 aliphatic carbocycles. The number of aliphatic carboxylic acids is 2. The SMILES string of the molecule is CCCCCCCCCCCCCCCCCC(=O)O.CSCCC(N)C(=O)O. The van der Waals surface area contributed by atoms with Gasteiger partial charge in [0.15, 0.2) is 0 Å². The average Bonchev–Trinajstić information content (AvgIpc) is 2.69. The molecular weight excluding hydrogens is 386 g/mol. The van der Waals surface area contributed by atoms with Crippen LogP contribution in [-0.2, 0) is 9.59 Å². The zero-order valence-electron chi connectivity index (χ0n) is 19.0. The van der Waals surface area contributed by atoms with Crippen molar-refractivity contribution in [1.29, 1.82) is 0 Å². The van der Waals surface area contributed by atoms with E-state index >= 15 is 0 Å². The third-order valence-corrected chi connectivity index (χ3v) is 5.59. The van der Waals surface area contributed by atoms with Crippen molar-refractivity contribution in [2.24, 2.45) is 5.73 Å². The van der Waals surface area contributed by atoms with Gasteiger partial charge in [-0.3, -0.25) is 9.59 Å². The van der Waals surface area contributed by atoms with E-state index in [4.69, 9.17) is 15.9 Å². The smallest absolute Gasteiger partial charge is 0.320 e. The molecule has 0 bridgehead atoms. The Labute approximate surface area is 183 Å². The summed E-state index contributed by atoms with van der Waals surface area (Å²) in [5, 5.41) is 16.8. The Kier molecular flexibility index (Phi) is 26.5. The summed E-state index contributed by atoms with van der Waals surface area (Å²) in [4.78, 5) is 20.4. The quantitative estimate of drug-likeness (QED) is 0.190. The summed E-state index contributed by atoms with van der Waals surface area (Å²) >= 11 is 1.60. The number of carboxylic acid groups (broad SMARTS) is 2. The molecule has 0 aliphatic heterocycles. The summed E-state index contributed by atoms with van der Waals surface area (Å²) in [6.45, 7) is 2.27. The van der Waals surface area contributed by atoms with Crippen LogP contribution in [0.1, 0.15) is 116 Å². The second kappa shape index (κ2) is 25.3. The van der Waals surface area contributed by atoms with Crippen LogP contribution in [0.4, 0.5) is 0 Å². The van der Waals surface area contributed by atoms with Crippen molar-refractivity contribution in [3.8, 4) is 0 Å². The number of hydrogen-bond donors (Lipinski definition) is 3. The largest absolute Gasteiger partial charge is 0.481 e. The molecule has 0 spiro atoms. The molecule has 1 atom stereocenters. The van der Waals surface area contributed by atoms with Gasteiger partial charge in [-0.05, 0) is 24.9 Å². The van der Waals surface area contributed by atoms with Crippen LogP contribution in [0, 0.1) is 0 Å². The first kappa shape index (κ1) is 30.4. The highest BCUT2D eigenvalue weighted by atomic mass is 32.2. The molecule has 1 unspecified atom stereocenters. The highest BCUT2D eigenvalue weighted by molar-refractivity contribution is 7.98. The van der Waals surface area contributed by atoms with E-state index < -0.39 is 18.0 Å². The molecule has 0 heterocycles. The monoisotopic (exact) mass is 433 g/mol. The second-order valence-electron chi connectivity index (χ2n) is 7.82. The van der Waals surface area contributed by atoms with Crippen molar-refractivity contribution in [3.63, 3.8) is 0 Å². The van der Waals surface area contributed by atoms with Gasteiger partial charge in [0.1, 0.15) is 6.04 Å². The minimum absolute atomic E-state index is 0.345. The van der Waals surface area contributed by atoms with Crippen molar-refractivity contribution in [2.75, 3.05) is 12.0 Å². The molecule has 174 valence electrons. The van der Waals surface area contributed by atoms with E-state index in [1.165, 1.54) is 83.5 Å². The molecule has 0 aromatic heterocycles. The van der Waals surface area contributed by atoms with Crippen LogP contribution in [0.25, 0.3) is 0 Å². The van der Waals surface area contributed by atoms with E-state index in [-0.39, 0.29) is 0 Å². The van der Waals surface area contributed by atoms with Crippen LogP contribution < -0.4 is 5.73 Å². The Morgan fingerprint density at radius 3 is 1.45 bits per heavy atom.